The third-order valence-corrected chi connectivity index (χ3v) is 6.81. The van der Waals surface area contributed by atoms with Crippen molar-refractivity contribution in [2.75, 3.05) is 20.1 Å². The smallest absolute Gasteiger partial charge is 0.224 e. The molecule has 0 aromatic heterocycles. The number of rotatable bonds is 4. The zero-order valence-electron chi connectivity index (χ0n) is 12.0. The topological polar surface area (TPSA) is 66.5 Å². The first kappa shape index (κ1) is 14.5. The first-order valence-electron chi connectivity index (χ1n) is 7.29. The predicted molar refractivity (Wildman–Crippen MR) is 80.3 cm³/mol. The molecule has 6 heteroatoms. The minimum absolute atomic E-state index is 0.0666. The number of carbonyl (C=O) groups excluding carboxylic acids is 1. The van der Waals surface area contributed by atoms with E-state index in [1.54, 1.807) is 7.05 Å². The first-order valence-corrected chi connectivity index (χ1v) is 8.80. The Balaban J connectivity index is 1.68. The van der Waals surface area contributed by atoms with E-state index in [2.05, 4.69) is 5.32 Å². The molecule has 3 rings (SSSR count). The Hall–Kier alpha value is -1.40. The summed E-state index contributed by atoms with van der Waals surface area (Å²) < 4.78 is 26.8. The number of sulfonamides is 1. The van der Waals surface area contributed by atoms with Crippen molar-refractivity contribution in [3.8, 4) is 0 Å². The summed E-state index contributed by atoms with van der Waals surface area (Å²) in [5.41, 5.74) is 1.09. The second kappa shape index (κ2) is 5.42. The maximum Gasteiger partial charge on any atom is 0.224 e. The third kappa shape index (κ3) is 2.70. The molecule has 3 atom stereocenters. The van der Waals surface area contributed by atoms with E-state index in [9.17, 15) is 13.2 Å². The summed E-state index contributed by atoms with van der Waals surface area (Å²) in [6.07, 6.45) is 1.30. The number of carbonyl (C=O) groups is 1. The molecule has 1 unspecified atom stereocenters. The molecule has 0 spiro atoms. The van der Waals surface area contributed by atoms with E-state index < -0.39 is 10.0 Å². The van der Waals surface area contributed by atoms with E-state index in [-0.39, 0.29) is 23.0 Å². The van der Waals surface area contributed by atoms with E-state index in [4.69, 9.17) is 0 Å². The molecule has 114 valence electrons. The van der Waals surface area contributed by atoms with E-state index in [1.165, 1.54) is 4.31 Å². The Bertz CT molecular complexity index is 630. The van der Waals surface area contributed by atoms with Crippen molar-refractivity contribution in [3.05, 3.63) is 35.9 Å². The number of nitrogens with zero attached hydrogens (tertiary/aromatic N) is 1. The number of hydrogen-bond acceptors (Lipinski definition) is 3. The largest absolute Gasteiger partial charge is 0.359 e. The molecule has 0 bridgehead atoms. The summed E-state index contributed by atoms with van der Waals surface area (Å²) in [5, 5.41) is 2.28. The minimum Gasteiger partial charge on any atom is -0.359 e. The van der Waals surface area contributed by atoms with Crippen molar-refractivity contribution >= 4 is 15.9 Å². The van der Waals surface area contributed by atoms with Crippen LogP contribution in [0.15, 0.2) is 30.3 Å². The van der Waals surface area contributed by atoms with Crippen LogP contribution in [0.5, 0.6) is 0 Å². The third-order valence-electron chi connectivity index (χ3n) is 4.47. The molecular weight excluding hydrogens is 288 g/mol. The van der Waals surface area contributed by atoms with Gasteiger partial charge in [0.25, 0.3) is 0 Å². The average Bonchev–Trinajstić information content (AvgIpc) is 3.17. The monoisotopic (exact) mass is 308 g/mol. The molecule has 2 aliphatic rings. The highest BCUT2D eigenvalue weighted by molar-refractivity contribution is 7.90. The Morgan fingerprint density at radius 3 is 2.67 bits per heavy atom. The Morgan fingerprint density at radius 1 is 1.29 bits per heavy atom. The fraction of sp³-hybridized carbons (Fsp3) is 0.533. The molecule has 5 nitrogen and oxygen atoms in total. The van der Waals surface area contributed by atoms with Gasteiger partial charge in [0.2, 0.25) is 15.9 Å². The molecule has 1 aliphatic heterocycles. The fourth-order valence-corrected chi connectivity index (χ4v) is 5.27. The summed E-state index contributed by atoms with van der Waals surface area (Å²) in [5.74, 6) is -0.169. The van der Waals surface area contributed by atoms with Gasteiger partial charge in [0.1, 0.15) is 0 Å². The van der Waals surface area contributed by atoms with Gasteiger partial charge in [0.05, 0.1) is 11.2 Å². The first-order chi connectivity index (χ1) is 10.0. The quantitative estimate of drug-likeness (QED) is 0.900. The van der Waals surface area contributed by atoms with Gasteiger partial charge in [-0.25, -0.2) is 12.7 Å². The normalized spacial score (nSPS) is 29.3. The van der Waals surface area contributed by atoms with Gasteiger partial charge in [0.15, 0.2) is 0 Å². The maximum atomic E-state index is 12.6. The lowest BCUT2D eigenvalue weighted by Crippen LogP contribution is -2.35. The number of amides is 1. The highest BCUT2D eigenvalue weighted by Crippen LogP contribution is 2.47. The molecule has 1 saturated carbocycles. The second-order valence-electron chi connectivity index (χ2n) is 5.79. The van der Waals surface area contributed by atoms with Gasteiger partial charge in [-0.1, -0.05) is 30.3 Å². The van der Waals surface area contributed by atoms with E-state index in [1.807, 2.05) is 30.3 Å². The Labute approximate surface area is 125 Å². The molecule has 21 heavy (non-hydrogen) atoms. The van der Waals surface area contributed by atoms with Gasteiger partial charge in [-0.05, 0) is 18.4 Å². The van der Waals surface area contributed by atoms with Gasteiger partial charge in [-0.15, -0.1) is 0 Å². The highest BCUT2D eigenvalue weighted by atomic mass is 32.2. The molecule has 1 aliphatic carbocycles. The zero-order valence-corrected chi connectivity index (χ0v) is 12.8. The van der Waals surface area contributed by atoms with E-state index >= 15 is 0 Å². The van der Waals surface area contributed by atoms with Gasteiger partial charge >= 0.3 is 0 Å². The molecular formula is C15H20N2O3S. The average molecular weight is 308 g/mol. The second-order valence-corrected chi connectivity index (χ2v) is 7.95. The molecule has 1 aromatic rings. The molecule has 1 aromatic carbocycles. The van der Waals surface area contributed by atoms with Crippen LogP contribution in [0.3, 0.4) is 0 Å². The van der Waals surface area contributed by atoms with Crippen LogP contribution in [0.1, 0.15) is 24.3 Å². The number of nitrogens with one attached hydrogen (secondary N) is 1. The zero-order chi connectivity index (χ0) is 15.0. The minimum atomic E-state index is -3.28. The van der Waals surface area contributed by atoms with Crippen molar-refractivity contribution in [1.29, 1.82) is 0 Å². The molecule has 1 amide bonds. The lowest BCUT2D eigenvalue weighted by atomic mass is 10.1. The predicted octanol–water partition coefficient (Wildman–Crippen LogP) is 0.940. The lowest BCUT2D eigenvalue weighted by Gasteiger charge is -2.16. The molecule has 0 radical (unpaired) electrons. The van der Waals surface area contributed by atoms with E-state index in [0.717, 1.165) is 5.56 Å². The van der Waals surface area contributed by atoms with Crippen LogP contribution in [0.4, 0.5) is 0 Å². The highest BCUT2D eigenvalue weighted by Gasteiger charge is 2.51. The van der Waals surface area contributed by atoms with Crippen LogP contribution in [0.25, 0.3) is 0 Å². The van der Waals surface area contributed by atoms with Crippen LogP contribution in [0.2, 0.25) is 0 Å². The molecule has 1 heterocycles. The van der Waals surface area contributed by atoms with Crippen LogP contribution < -0.4 is 5.32 Å². The summed E-state index contributed by atoms with van der Waals surface area (Å²) >= 11 is 0. The SMILES string of the molecule is CNC(=O)C1CCN(S(=O)(=O)[C@@H]2C[C@H]2c2ccccc2)C1. The van der Waals surface area contributed by atoms with Crippen LogP contribution >= 0.6 is 0 Å². The number of benzene rings is 1. The molecule has 1 saturated heterocycles. The van der Waals surface area contributed by atoms with Gasteiger partial charge in [0, 0.05) is 26.1 Å². The molecule has 1 N–H and O–H groups in total. The fourth-order valence-electron chi connectivity index (χ4n) is 3.12. The van der Waals surface area contributed by atoms with Crippen molar-refractivity contribution < 1.29 is 13.2 Å². The Morgan fingerprint density at radius 2 is 2.00 bits per heavy atom. The van der Waals surface area contributed by atoms with Crippen molar-refractivity contribution in [2.45, 2.75) is 24.0 Å². The van der Waals surface area contributed by atoms with Crippen LogP contribution in [0, 0.1) is 5.92 Å². The van der Waals surface area contributed by atoms with Crippen LogP contribution in [-0.4, -0.2) is 44.0 Å². The van der Waals surface area contributed by atoms with Crippen molar-refractivity contribution in [3.63, 3.8) is 0 Å². The summed E-state index contributed by atoms with van der Waals surface area (Å²) in [4.78, 5) is 11.6. The van der Waals surface area contributed by atoms with E-state index in [0.29, 0.717) is 25.9 Å². The van der Waals surface area contributed by atoms with Gasteiger partial charge in [-0.3, -0.25) is 4.79 Å². The summed E-state index contributed by atoms with van der Waals surface area (Å²) in [7, 11) is -1.70. The van der Waals surface area contributed by atoms with Crippen LogP contribution in [-0.2, 0) is 14.8 Å². The molecule has 2 fully saturated rings. The number of hydrogen-bond donors (Lipinski definition) is 1. The summed E-state index contributed by atoms with van der Waals surface area (Å²) in [6.45, 7) is 0.776. The Kier molecular flexibility index (Phi) is 3.75. The van der Waals surface area contributed by atoms with Crippen molar-refractivity contribution in [2.24, 2.45) is 5.92 Å². The standard InChI is InChI=1S/C15H20N2O3S/c1-16-15(18)12-7-8-17(10-12)21(19,20)14-9-13(14)11-5-3-2-4-6-11/h2-6,12-14H,7-10H2,1H3,(H,16,18)/t12?,13-,14+/m0/s1. The van der Waals surface area contributed by atoms with Gasteiger partial charge in [-0.2, -0.15) is 0 Å². The summed E-state index contributed by atoms with van der Waals surface area (Å²) in [6, 6.07) is 9.78. The van der Waals surface area contributed by atoms with Crippen molar-refractivity contribution in [1.82, 2.24) is 9.62 Å². The lowest BCUT2D eigenvalue weighted by molar-refractivity contribution is -0.123. The van der Waals surface area contributed by atoms with Gasteiger partial charge < -0.3 is 5.32 Å². The maximum absolute atomic E-state index is 12.6.